The number of hydrogen-bond donors (Lipinski definition) is 0. The van der Waals surface area contributed by atoms with Gasteiger partial charge in [0.25, 0.3) is 10.0 Å². The number of esters is 1. The van der Waals surface area contributed by atoms with Gasteiger partial charge >= 0.3 is 5.97 Å². The summed E-state index contributed by atoms with van der Waals surface area (Å²) in [5, 5.41) is 1.72. The van der Waals surface area contributed by atoms with Gasteiger partial charge in [-0.1, -0.05) is 42.5 Å². The summed E-state index contributed by atoms with van der Waals surface area (Å²) in [7, 11) is -4.05. The number of carbonyl (C=O) groups excluding carboxylic acids is 1. The molecule has 0 aliphatic rings. The van der Waals surface area contributed by atoms with E-state index in [2.05, 4.69) is 0 Å². The molecule has 7 heteroatoms. The van der Waals surface area contributed by atoms with Crippen LogP contribution in [-0.2, 0) is 19.6 Å². The molecular formula is C22H23NO5S. The summed E-state index contributed by atoms with van der Waals surface area (Å²) in [6.07, 6.45) is 0. The summed E-state index contributed by atoms with van der Waals surface area (Å²) in [5.74, 6) is -0.258. The van der Waals surface area contributed by atoms with Crippen LogP contribution in [0.3, 0.4) is 0 Å². The van der Waals surface area contributed by atoms with Crippen LogP contribution in [0.2, 0.25) is 0 Å². The van der Waals surface area contributed by atoms with Crippen molar-refractivity contribution in [2.24, 2.45) is 0 Å². The van der Waals surface area contributed by atoms with Crippen molar-refractivity contribution in [1.29, 1.82) is 0 Å². The number of nitrogens with zero attached hydrogens (tertiary/aromatic N) is 1. The van der Waals surface area contributed by atoms with E-state index < -0.39 is 22.5 Å². The van der Waals surface area contributed by atoms with Gasteiger partial charge in [0.1, 0.15) is 12.3 Å². The monoisotopic (exact) mass is 413 g/mol. The normalized spacial score (nSPS) is 11.2. The fourth-order valence-corrected chi connectivity index (χ4v) is 4.47. The molecule has 0 aromatic heterocycles. The molecule has 3 aromatic rings. The summed E-state index contributed by atoms with van der Waals surface area (Å²) in [6.45, 7) is 3.56. The van der Waals surface area contributed by atoms with Crippen LogP contribution in [0.25, 0.3) is 10.8 Å². The first-order chi connectivity index (χ1) is 14.0. The van der Waals surface area contributed by atoms with Crippen LogP contribution in [0.4, 0.5) is 5.69 Å². The summed E-state index contributed by atoms with van der Waals surface area (Å²) >= 11 is 0. The minimum Gasteiger partial charge on any atom is -0.492 e. The van der Waals surface area contributed by atoms with E-state index in [-0.39, 0.29) is 17.2 Å². The van der Waals surface area contributed by atoms with Gasteiger partial charge in [-0.3, -0.25) is 9.10 Å². The van der Waals surface area contributed by atoms with E-state index in [0.717, 1.165) is 15.1 Å². The maximum absolute atomic E-state index is 13.5. The molecule has 0 aliphatic carbocycles. The SMILES string of the molecule is CCOC(=O)CN(c1ccccc1OCC)S(=O)(=O)c1ccc2ccccc2c1. The second-order valence-corrected chi connectivity index (χ2v) is 8.09. The highest BCUT2D eigenvalue weighted by Gasteiger charge is 2.30. The van der Waals surface area contributed by atoms with Gasteiger partial charge in [-0.15, -0.1) is 0 Å². The zero-order valence-electron chi connectivity index (χ0n) is 16.4. The molecule has 0 aliphatic heterocycles. The Morgan fingerprint density at radius 2 is 1.59 bits per heavy atom. The van der Waals surface area contributed by atoms with Crippen molar-refractivity contribution in [3.05, 3.63) is 66.7 Å². The van der Waals surface area contributed by atoms with Crippen LogP contribution < -0.4 is 9.04 Å². The first kappa shape index (κ1) is 20.7. The Bertz CT molecular complexity index is 1110. The van der Waals surface area contributed by atoms with Crippen LogP contribution in [0, 0.1) is 0 Å². The topological polar surface area (TPSA) is 72.9 Å². The van der Waals surface area contributed by atoms with Crippen molar-refractivity contribution in [2.45, 2.75) is 18.7 Å². The highest BCUT2D eigenvalue weighted by Crippen LogP contribution is 2.33. The molecular weight excluding hydrogens is 390 g/mol. The molecule has 3 rings (SSSR count). The van der Waals surface area contributed by atoms with Gasteiger partial charge in [0.15, 0.2) is 0 Å². The molecule has 0 radical (unpaired) electrons. The van der Waals surface area contributed by atoms with Crippen LogP contribution in [0.5, 0.6) is 5.75 Å². The number of ether oxygens (including phenoxy) is 2. The average Bonchev–Trinajstić information content (AvgIpc) is 2.72. The van der Waals surface area contributed by atoms with Crippen molar-refractivity contribution >= 4 is 32.5 Å². The van der Waals surface area contributed by atoms with Gasteiger partial charge in [0.05, 0.1) is 23.8 Å². The molecule has 29 heavy (non-hydrogen) atoms. The summed E-state index contributed by atoms with van der Waals surface area (Å²) < 4.78 is 38.7. The Morgan fingerprint density at radius 3 is 2.31 bits per heavy atom. The Balaban J connectivity index is 2.12. The van der Waals surface area contributed by atoms with E-state index in [1.54, 1.807) is 49.4 Å². The predicted molar refractivity (Wildman–Crippen MR) is 113 cm³/mol. The molecule has 0 N–H and O–H groups in total. The third-order valence-electron chi connectivity index (χ3n) is 4.32. The summed E-state index contributed by atoms with van der Waals surface area (Å²) in [4.78, 5) is 12.3. The third kappa shape index (κ3) is 4.51. The Kier molecular flexibility index (Phi) is 6.39. The largest absolute Gasteiger partial charge is 0.492 e. The fraction of sp³-hybridized carbons (Fsp3) is 0.227. The number of sulfonamides is 1. The molecule has 3 aromatic carbocycles. The van der Waals surface area contributed by atoms with Crippen LogP contribution in [0.15, 0.2) is 71.6 Å². The maximum atomic E-state index is 13.5. The highest BCUT2D eigenvalue weighted by atomic mass is 32.2. The Morgan fingerprint density at radius 1 is 0.897 bits per heavy atom. The van der Waals surface area contributed by atoms with E-state index >= 15 is 0 Å². The molecule has 0 amide bonds. The van der Waals surface area contributed by atoms with Gasteiger partial charge in [-0.2, -0.15) is 0 Å². The minimum absolute atomic E-state index is 0.0896. The lowest BCUT2D eigenvalue weighted by Crippen LogP contribution is -2.37. The number of carbonyl (C=O) groups is 1. The van der Waals surface area contributed by atoms with E-state index in [9.17, 15) is 13.2 Å². The minimum atomic E-state index is -4.05. The maximum Gasteiger partial charge on any atom is 0.326 e. The second kappa shape index (κ2) is 8.96. The van der Waals surface area contributed by atoms with Gasteiger partial charge in [-0.25, -0.2) is 8.42 Å². The highest BCUT2D eigenvalue weighted by molar-refractivity contribution is 7.92. The Labute approximate surface area is 170 Å². The molecule has 0 saturated carbocycles. The summed E-state index contributed by atoms with van der Waals surface area (Å²) in [6, 6.07) is 19.1. The molecule has 0 unspecified atom stereocenters. The van der Waals surface area contributed by atoms with Crippen LogP contribution in [-0.4, -0.2) is 34.1 Å². The van der Waals surface area contributed by atoms with E-state index in [1.807, 2.05) is 31.2 Å². The van der Waals surface area contributed by atoms with Gasteiger partial charge in [0.2, 0.25) is 0 Å². The molecule has 6 nitrogen and oxygen atoms in total. The van der Waals surface area contributed by atoms with Crippen molar-refractivity contribution in [3.63, 3.8) is 0 Å². The van der Waals surface area contributed by atoms with Gasteiger partial charge < -0.3 is 9.47 Å². The van der Waals surface area contributed by atoms with Crippen LogP contribution in [0.1, 0.15) is 13.8 Å². The van der Waals surface area contributed by atoms with Gasteiger partial charge in [0, 0.05) is 0 Å². The smallest absolute Gasteiger partial charge is 0.326 e. The molecule has 0 fully saturated rings. The molecule has 0 spiro atoms. The second-order valence-electron chi connectivity index (χ2n) is 6.23. The van der Waals surface area contributed by atoms with E-state index in [1.165, 1.54) is 0 Å². The molecule has 0 saturated heterocycles. The first-order valence-electron chi connectivity index (χ1n) is 9.36. The third-order valence-corrected chi connectivity index (χ3v) is 6.08. The number of benzene rings is 3. The van der Waals surface area contributed by atoms with E-state index in [0.29, 0.717) is 12.4 Å². The number of anilines is 1. The lowest BCUT2D eigenvalue weighted by Gasteiger charge is -2.25. The zero-order chi connectivity index (χ0) is 20.9. The van der Waals surface area contributed by atoms with Crippen molar-refractivity contribution < 1.29 is 22.7 Å². The molecule has 0 bridgehead atoms. The number of rotatable bonds is 8. The Hall–Kier alpha value is -3.06. The van der Waals surface area contributed by atoms with Crippen molar-refractivity contribution in [1.82, 2.24) is 0 Å². The number of fused-ring (bicyclic) bond motifs is 1. The fourth-order valence-electron chi connectivity index (χ4n) is 3.02. The number of hydrogen-bond acceptors (Lipinski definition) is 5. The van der Waals surface area contributed by atoms with Gasteiger partial charge in [-0.05, 0) is 48.9 Å². The zero-order valence-corrected chi connectivity index (χ0v) is 17.2. The quantitative estimate of drug-likeness (QED) is 0.522. The summed E-state index contributed by atoms with van der Waals surface area (Å²) in [5.41, 5.74) is 0.288. The standard InChI is InChI=1S/C22H23NO5S/c1-3-27-21-12-8-7-11-20(21)23(16-22(24)28-4-2)29(25,26)19-14-13-17-9-5-6-10-18(17)15-19/h5-15H,3-4,16H2,1-2H3. The molecule has 0 heterocycles. The van der Waals surface area contributed by atoms with E-state index in [4.69, 9.17) is 9.47 Å². The average molecular weight is 413 g/mol. The first-order valence-corrected chi connectivity index (χ1v) is 10.8. The molecule has 152 valence electrons. The lowest BCUT2D eigenvalue weighted by atomic mass is 10.1. The predicted octanol–water partition coefficient (Wildman–Crippen LogP) is 4.00. The van der Waals surface area contributed by atoms with Crippen molar-refractivity contribution in [2.75, 3.05) is 24.1 Å². The lowest BCUT2D eigenvalue weighted by molar-refractivity contribution is -0.141. The van der Waals surface area contributed by atoms with Crippen LogP contribution >= 0.6 is 0 Å². The number of para-hydroxylation sites is 2. The molecule has 0 atom stereocenters. The van der Waals surface area contributed by atoms with Crippen molar-refractivity contribution in [3.8, 4) is 5.75 Å².